The zero-order chi connectivity index (χ0) is 15.0. The topological polar surface area (TPSA) is 64.4 Å². The van der Waals surface area contributed by atoms with Crippen molar-refractivity contribution in [2.45, 2.75) is 20.0 Å². The lowest BCUT2D eigenvalue weighted by molar-refractivity contribution is -0.384. The van der Waals surface area contributed by atoms with Crippen molar-refractivity contribution in [3.05, 3.63) is 28.3 Å². The SMILES string of the molecule is C#CCSCCNc1cc(OC(C)C)cc([N+](=O)[O-])c1. The van der Waals surface area contributed by atoms with E-state index in [0.29, 0.717) is 23.7 Å². The van der Waals surface area contributed by atoms with E-state index in [2.05, 4.69) is 11.2 Å². The lowest BCUT2D eigenvalue weighted by atomic mass is 10.2. The van der Waals surface area contributed by atoms with E-state index < -0.39 is 4.92 Å². The Morgan fingerprint density at radius 1 is 1.50 bits per heavy atom. The maximum atomic E-state index is 10.9. The van der Waals surface area contributed by atoms with Crippen LogP contribution < -0.4 is 10.1 Å². The van der Waals surface area contributed by atoms with E-state index in [1.807, 2.05) is 13.8 Å². The van der Waals surface area contributed by atoms with Gasteiger partial charge in [-0.05, 0) is 13.8 Å². The first-order chi connectivity index (χ1) is 9.52. The first kappa shape index (κ1) is 16.2. The van der Waals surface area contributed by atoms with Crippen LogP contribution in [0.15, 0.2) is 18.2 Å². The third-order valence-electron chi connectivity index (χ3n) is 2.23. The first-order valence-electron chi connectivity index (χ1n) is 6.24. The van der Waals surface area contributed by atoms with Crippen molar-refractivity contribution in [1.82, 2.24) is 0 Å². The van der Waals surface area contributed by atoms with E-state index in [1.165, 1.54) is 12.1 Å². The van der Waals surface area contributed by atoms with Gasteiger partial charge in [-0.25, -0.2) is 0 Å². The second-order valence-electron chi connectivity index (χ2n) is 4.32. The van der Waals surface area contributed by atoms with E-state index >= 15 is 0 Å². The van der Waals surface area contributed by atoms with Gasteiger partial charge in [0.2, 0.25) is 0 Å². The Kier molecular flexibility index (Phi) is 6.74. The standard InChI is InChI=1S/C14H18N2O3S/c1-4-6-20-7-5-15-12-8-13(16(17)18)10-14(9-12)19-11(2)3/h1,8-11,15H,5-7H2,2-3H3. The molecule has 0 aliphatic carbocycles. The van der Waals surface area contributed by atoms with Gasteiger partial charge in [0, 0.05) is 30.1 Å². The normalized spacial score (nSPS) is 10.1. The number of rotatable bonds is 8. The van der Waals surface area contributed by atoms with Crippen LogP contribution in [-0.2, 0) is 0 Å². The van der Waals surface area contributed by atoms with Crippen molar-refractivity contribution in [1.29, 1.82) is 0 Å². The summed E-state index contributed by atoms with van der Waals surface area (Å²) in [7, 11) is 0. The minimum Gasteiger partial charge on any atom is -0.491 e. The van der Waals surface area contributed by atoms with Crippen LogP contribution in [0.4, 0.5) is 11.4 Å². The van der Waals surface area contributed by atoms with E-state index in [9.17, 15) is 10.1 Å². The van der Waals surface area contributed by atoms with Gasteiger partial charge in [0.15, 0.2) is 0 Å². The van der Waals surface area contributed by atoms with Crippen LogP contribution in [0.2, 0.25) is 0 Å². The average molecular weight is 294 g/mol. The largest absolute Gasteiger partial charge is 0.491 e. The number of thioether (sulfide) groups is 1. The van der Waals surface area contributed by atoms with Crippen molar-refractivity contribution < 1.29 is 9.66 Å². The van der Waals surface area contributed by atoms with Gasteiger partial charge in [-0.1, -0.05) is 5.92 Å². The van der Waals surface area contributed by atoms with Gasteiger partial charge in [-0.3, -0.25) is 10.1 Å². The van der Waals surface area contributed by atoms with Crippen molar-refractivity contribution >= 4 is 23.1 Å². The lowest BCUT2D eigenvalue weighted by Gasteiger charge is -2.12. The van der Waals surface area contributed by atoms with Gasteiger partial charge in [0.05, 0.1) is 22.8 Å². The van der Waals surface area contributed by atoms with E-state index in [1.54, 1.807) is 17.8 Å². The van der Waals surface area contributed by atoms with Crippen LogP contribution >= 0.6 is 11.8 Å². The van der Waals surface area contributed by atoms with E-state index in [0.717, 1.165) is 5.75 Å². The van der Waals surface area contributed by atoms with Gasteiger partial charge < -0.3 is 10.1 Å². The maximum absolute atomic E-state index is 10.9. The Balaban J connectivity index is 2.71. The number of hydrogen-bond acceptors (Lipinski definition) is 5. The molecule has 0 heterocycles. The van der Waals surface area contributed by atoms with Crippen molar-refractivity contribution in [3.63, 3.8) is 0 Å². The van der Waals surface area contributed by atoms with Gasteiger partial charge >= 0.3 is 0 Å². The summed E-state index contributed by atoms with van der Waals surface area (Å²) in [5.41, 5.74) is 0.693. The lowest BCUT2D eigenvalue weighted by Crippen LogP contribution is -2.08. The highest BCUT2D eigenvalue weighted by atomic mass is 32.2. The van der Waals surface area contributed by atoms with Crippen LogP contribution in [0, 0.1) is 22.5 Å². The van der Waals surface area contributed by atoms with Crippen molar-refractivity contribution in [2.24, 2.45) is 0 Å². The minimum atomic E-state index is -0.425. The Morgan fingerprint density at radius 2 is 2.25 bits per heavy atom. The summed E-state index contributed by atoms with van der Waals surface area (Å²) < 4.78 is 5.51. The molecule has 0 amide bonds. The molecule has 0 aliphatic heterocycles. The molecule has 0 spiro atoms. The molecule has 0 radical (unpaired) electrons. The molecular weight excluding hydrogens is 276 g/mol. The molecule has 1 aromatic carbocycles. The molecule has 20 heavy (non-hydrogen) atoms. The maximum Gasteiger partial charge on any atom is 0.275 e. The Hall–Kier alpha value is -1.87. The van der Waals surface area contributed by atoms with Crippen LogP contribution in [0.25, 0.3) is 0 Å². The van der Waals surface area contributed by atoms with Crippen molar-refractivity contribution in [3.8, 4) is 18.1 Å². The number of nitro groups is 1. The fourth-order valence-corrected chi connectivity index (χ4v) is 2.04. The number of hydrogen-bond donors (Lipinski definition) is 1. The third-order valence-corrected chi connectivity index (χ3v) is 3.10. The molecule has 0 fully saturated rings. The van der Waals surface area contributed by atoms with Gasteiger partial charge in [-0.15, -0.1) is 18.2 Å². The highest BCUT2D eigenvalue weighted by molar-refractivity contribution is 7.99. The summed E-state index contributed by atoms with van der Waals surface area (Å²) in [4.78, 5) is 10.5. The van der Waals surface area contributed by atoms with Crippen LogP contribution in [-0.4, -0.2) is 29.1 Å². The van der Waals surface area contributed by atoms with Gasteiger partial charge in [0.25, 0.3) is 5.69 Å². The Bertz CT molecular complexity index is 498. The van der Waals surface area contributed by atoms with Gasteiger partial charge in [-0.2, -0.15) is 0 Å². The highest BCUT2D eigenvalue weighted by Crippen LogP contribution is 2.26. The molecule has 6 heteroatoms. The van der Waals surface area contributed by atoms with Gasteiger partial charge in [0.1, 0.15) is 5.75 Å². The Labute approximate surface area is 123 Å². The average Bonchev–Trinajstić information content (AvgIpc) is 2.37. The van der Waals surface area contributed by atoms with E-state index in [-0.39, 0.29) is 11.8 Å². The monoisotopic (exact) mass is 294 g/mol. The number of benzene rings is 1. The van der Waals surface area contributed by atoms with E-state index in [4.69, 9.17) is 11.2 Å². The Morgan fingerprint density at radius 3 is 2.85 bits per heavy atom. The molecule has 0 unspecified atom stereocenters. The number of nitrogens with one attached hydrogen (secondary N) is 1. The summed E-state index contributed by atoms with van der Waals surface area (Å²) in [5, 5.41) is 14.0. The van der Waals surface area contributed by atoms with Crippen molar-refractivity contribution in [2.75, 3.05) is 23.4 Å². The molecule has 0 aliphatic rings. The number of ether oxygens (including phenoxy) is 1. The quantitative estimate of drug-likeness (QED) is 0.345. The fraction of sp³-hybridized carbons (Fsp3) is 0.429. The van der Waals surface area contributed by atoms with Crippen LogP contribution in [0.5, 0.6) is 5.75 Å². The number of nitro benzene ring substituents is 1. The summed E-state index contributed by atoms with van der Waals surface area (Å²) in [6.45, 7) is 4.44. The smallest absolute Gasteiger partial charge is 0.275 e. The molecule has 1 N–H and O–H groups in total. The summed E-state index contributed by atoms with van der Waals surface area (Å²) in [6.07, 6.45) is 5.13. The number of non-ortho nitro benzene ring substituents is 1. The number of nitrogens with zero attached hydrogens (tertiary/aromatic N) is 1. The molecular formula is C14H18N2O3S. The first-order valence-corrected chi connectivity index (χ1v) is 7.39. The fourth-order valence-electron chi connectivity index (χ4n) is 1.53. The molecule has 0 aromatic heterocycles. The predicted octanol–water partition coefficient (Wildman–Crippen LogP) is 3.16. The number of anilines is 1. The minimum absolute atomic E-state index is 0.0157. The third kappa shape index (κ3) is 5.85. The zero-order valence-corrected chi connectivity index (χ0v) is 12.4. The van der Waals surface area contributed by atoms with Crippen LogP contribution in [0.3, 0.4) is 0 Å². The summed E-state index contributed by atoms with van der Waals surface area (Å²) in [5.74, 6) is 4.55. The summed E-state index contributed by atoms with van der Waals surface area (Å²) in [6, 6.07) is 4.69. The molecule has 1 aromatic rings. The predicted molar refractivity (Wildman–Crippen MR) is 83.5 cm³/mol. The second-order valence-corrected chi connectivity index (χ2v) is 5.43. The second kappa shape index (κ2) is 8.33. The van der Waals surface area contributed by atoms with Crippen LogP contribution in [0.1, 0.15) is 13.8 Å². The molecule has 1 rings (SSSR count). The molecule has 0 saturated heterocycles. The molecule has 0 atom stereocenters. The zero-order valence-electron chi connectivity index (χ0n) is 11.6. The number of terminal acetylenes is 1. The summed E-state index contributed by atoms with van der Waals surface area (Å²) >= 11 is 1.63. The highest BCUT2D eigenvalue weighted by Gasteiger charge is 2.11. The molecule has 108 valence electrons. The molecule has 0 bridgehead atoms. The molecule has 5 nitrogen and oxygen atoms in total. The molecule has 0 saturated carbocycles.